The minimum absolute atomic E-state index is 0.253. The summed E-state index contributed by atoms with van der Waals surface area (Å²) in [4.78, 5) is 18.8. The van der Waals surface area contributed by atoms with E-state index in [2.05, 4.69) is 20.5 Å². The predicted octanol–water partition coefficient (Wildman–Crippen LogP) is 4.43. The molecule has 2 N–H and O–H groups in total. The third-order valence-electron chi connectivity index (χ3n) is 4.86. The van der Waals surface area contributed by atoms with E-state index in [0.29, 0.717) is 35.0 Å². The van der Waals surface area contributed by atoms with E-state index in [4.69, 9.17) is 0 Å². The lowest BCUT2D eigenvalue weighted by molar-refractivity contribution is 0.205. The van der Waals surface area contributed by atoms with E-state index in [1.54, 1.807) is 36.1 Å². The quantitative estimate of drug-likeness (QED) is 0.703. The summed E-state index contributed by atoms with van der Waals surface area (Å²) in [5.74, 6) is 0.325. The van der Waals surface area contributed by atoms with Crippen molar-refractivity contribution < 1.29 is 13.6 Å². The Morgan fingerprint density at radius 2 is 2.00 bits per heavy atom. The number of H-pyrrole nitrogens is 1. The molecule has 4 rings (SSSR count). The van der Waals surface area contributed by atoms with Crippen LogP contribution in [-0.4, -0.2) is 32.7 Å². The molecule has 1 aliphatic rings. The summed E-state index contributed by atoms with van der Waals surface area (Å²) in [5, 5.41) is 9.82. The van der Waals surface area contributed by atoms with E-state index in [1.165, 1.54) is 18.2 Å². The van der Waals surface area contributed by atoms with E-state index < -0.39 is 0 Å². The van der Waals surface area contributed by atoms with Gasteiger partial charge in [-0.15, -0.1) is 0 Å². The van der Waals surface area contributed by atoms with Crippen LogP contribution in [0.4, 0.5) is 19.3 Å². The number of carbonyl (C=O) groups is 1. The van der Waals surface area contributed by atoms with Crippen LogP contribution in [0.3, 0.4) is 0 Å². The molecule has 1 atom stereocenters. The highest BCUT2D eigenvalue weighted by molar-refractivity contribution is 5.89. The van der Waals surface area contributed by atoms with Gasteiger partial charge in [-0.2, -0.15) is 5.10 Å². The van der Waals surface area contributed by atoms with Crippen molar-refractivity contribution in [3.8, 4) is 11.4 Å². The molecule has 8 heteroatoms. The van der Waals surface area contributed by atoms with Gasteiger partial charge in [-0.1, -0.05) is 6.07 Å². The summed E-state index contributed by atoms with van der Waals surface area (Å²) < 4.78 is 26.8. The molecule has 6 nitrogen and oxygen atoms in total. The second-order valence-corrected chi connectivity index (χ2v) is 6.80. The lowest BCUT2D eigenvalue weighted by atomic mass is 10.2. The molecule has 1 fully saturated rings. The molecule has 28 heavy (non-hydrogen) atoms. The van der Waals surface area contributed by atoms with Gasteiger partial charge in [0.25, 0.3) is 0 Å². The zero-order chi connectivity index (χ0) is 19.7. The molecule has 2 heterocycles. The third-order valence-corrected chi connectivity index (χ3v) is 4.86. The number of aryl methyl sites for hydroxylation is 1. The fraction of sp³-hybridized carbons (Fsp3) is 0.250. The van der Waals surface area contributed by atoms with Gasteiger partial charge in [-0.05, 0) is 61.7 Å². The van der Waals surface area contributed by atoms with Gasteiger partial charge in [0.1, 0.15) is 17.5 Å². The summed E-state index contributed by atoms with van der Waals surface area (Å²) in [7, 11) is 0. The first-order valence-electron chi connectivity index (χ1n) is 9.03. The van der Waals surface area contributed by atoms with Gasteiger partial charge < -0.3 is 10.2 Å². The first-order valence-corrected chi connectivity index (χ1v) is 9.03. The van der Waals surface area contributed by atoms with Crippen LogP contribution in [0.25, 0.3) is 11.4 Å². The largest absolute Gasteiger partial charge is 0.322 e. The van der Waals surface area contributed by atoms with Gasteiger partial charge in [0.2, 0.25) is 0 Å². The van der Waals surface area contributed by atoms with E-state index in [0.717, 1.165) is 12.8 Å². The maximum absolute atomic E-state index is 13.7. The van der Waals surface area contributed by atoms with Crippen LogP contribution in [0.15, 0.2) is 42.5 Å². The molecule has 0 bridgehead atoms. The highest BCUT2D eigenvalue weighted by Crippen LogP contribution is 2.31. The number of halogens is 2. The minimum atomic E-state index is -0.366. The summed E-state index contributed by atoms with van der Waals surface area (Å²) in [6, 6.07) is 9.94. The van der Waals surface area contributed by atoms with Crippen LogP contribution >= 0.6 is 0 Å². The van der Waals surface area contributed by atoms with Crippen molar-refractivity contribution in [2.24, 2.45) is 0 Å². The number of nitrogens with one attached hydrogen (secondary N) is 2. The number of aromatic nitrogens is 3. The van der Waals surface area contributed by atoms with Crippen LogP contribution in [0, 0.1) is 18.6 Å². The van der Waals surface area contributed by atoms with Crippen LogP contribution in [0.2, 0.25) is 0 Å². The Morgan fingerprint density at radius 3 is 2.75 bits per heavy atom. The van der Waals surface area contributed by atoms with E-state index in [-0.39, 0.29) is 23.7 Å². The number of hydrogen-bond donors (Lipinski definition) is 2. The molecule has 0 spiro atoms. The lowest BCUT2D eigenvalue weighted by Gasteiger charge is -2.23. The number of urea groups is 1. The first kappa shape index (κ1) is 18.1. The van der Waals surface area contributed by atoms with Crippen molar-refractivity contribution in [2.75, 3.05) is 11.9 Å². The molecule has 1 aromatic heterocycles. The van der Waals surface area contributed by atoms with Crippen LogP contribution in [-0.2, 0) is 0 Å². The lowest BCUT2D eigenvalue weighted by Crippen LogP contribution is -2.34. The Balaban J connectivity index is 1.51. The monoisotopic (exact) mass is 383 g/mol. The zero-order valence-electron chi connectivity index (χ0n) is 15.2. The Morgan fingerprint density at radius 1 is 1.21 bits per heavy atom. The Bertz CT molecular complexity index is 1000. The van der Waals surface area contributed by atoms with Gasteiger partial charge in [-0.25, -0.2) is 18.6 Å². The molecule has 2 aromatic carbocycles. The number of benzene rings is 2. The normalized spacial score (nSPS) is 16.4. The molecule has 0 saturated carbocycles. The summed E-state index contributed by atoms with van der Waals surface area (Å²) in [5.41, 5.74) is 1.61. The standard InChI is InChI=1S/C20H19F2N5O/c1-12-4-9-15(11-16(12)22)23-20(28)27-10-2-3-17(27)19-24-18(25-26-19)13-5-7-14(21)8-6-13/h4-9,11,17H,2-3,10H2,1H3,(H,23,28)(H,24,25,26)/t17-/m0/s1. The van der Waals surface area contributed by atoms with Crippen molar-refractivity contribution in [3.63, 3.8) is 0 Å². The smallest absolute Gasteiger partial charge is 0.314 e. The summed E-state index contributed by atoms with van der Waals surface area (Å²) >= 11 is 0. The van der Waals surface area contributed by atoms with Crippen LogP contribution in [0.5, 0.6) is 0 Å². The number of anilines is 1. The summed E-state index contributed by atoms with van der Waals surface area (Å²) in [6.07, 6.45) is 1.57. The van der Waals surface area contributed by atoms with Gasteiger partial charge in [-0.3, -0.25) is 5.10 Å². The number of rotatable bonds is 3. The van der Waals surface area contributed by atoms with Crippen molar-refractivity contribution in [3.05, 3.63) is 65.5 Å². The average molecular weight is 383 g/mol. The van der Waals surface area contributed by atoms with Gasteiger partial charge >= 0.3 is 6.03 Å². The SMILES string of the molecule is Cc1ccc(NC(=O)N2CCC[C@H]2c2nc(-c3ccc(F)cc3)n[nH]2)cc1F. The highest BCUT2D eigenvalue weighted by Gasteiger charge is 2.32. The molecular formula is C20H19F2N5O. The average Bonchev–Trinajstić information content (AvgIpc) is 3.34. The number of likely N-dealkylation sites (tertiary alicyclic amines) is 1. The van der Waals surface area contributed by atoms with Gasteiger partial charge in [0, 0.05) is 17.8 Å². The second kappa shape index (κ2) is 7.38. The Hall–Kier alpha value is -3.29. The van der Waals surface area contributed by atoms with Crippen molar-refractivity contribution in [1.82, 2.24) is 20.1 Å². The van der Waals surface area contributed by atoms with Crippen molar-refractivity contribution >= 4 is 11.7 Å². The maximum Gasteiger partial charge on any atom is 0.322 e. The van der Waals surface area contributed by atoms with E-state index >= 15 is 0 Å². The molecule has 2 amide bonds. The Kier molecular flexibility index (Phi) is 4.77. The highest BCUT2D eigenvalue weighted by atomic mass is 19.1. The molecule has 0 unspecified atom stereocenters. The molecule has 144 valence electrons. The van der Waals surface area contributed by atoms with E-state index in [1.807, 2.05) is 0 Å². The van der Waals surface area contributed by atoms with Gasteiger partial charge in [0.15, 0.2) is 5.82 Å². The van der Waals surface area contributed by atoms with Crippen molar-refractivity contribution in [1.29, 1.82) is 0 Å². The topological polar surface area (TPSA) is 73.9 Å². The van der Waals surface area contributed by atoms with E-state index in [9.17, 15) is 13.6 Å². The second-order valence-electron chi connectivity index (χ2n) is 6.80. The summed E-state index contributed by atoms with van der Waals surface area (Å²) in [6.45, 7) is 2.23. The minimum Gasteiger partial charge on any atom is -0.314 e. The number of aromatic amines is 1. The number of carbonyl (C=O) groups excluding carboxylic acids is 1. The fourth-order valence-corrected chi connectivity index (χ4v) is 3.31. The molecular weight excluding hydrogens is 364 g/mol. The van der Waals surface area contributed by atoms with Crippen LogP contribution < -0.4 is 5.32 Å². The predicted molar refractivity (Wildman–Crippen MR) is 101 cm³/mol. The molecule has 3 aromatic rings. The fourth-order valence-electron chi connectivity index (χ4n) is 3.31. The Labute approximate surface area is 160 Å². The zero-order valence-corrected chi connectivity index (χ0v) is 15.2. The molecule has 1 saturated heterocycles. The van der Waals surface area contributed by atoms with Gasteiger partial charge in [0.05, 0.1) is 6.04 Å². The number of hydrogen-bond acceptors (Lipinski definition) is 3. The molecule has 0 aliphatic carbocycles. The first-order chi connectivity index (χ1) is 13.5. The molecule has 0 radical (unpaired) electrons. The third kappa shape index (κ3) is 3.58. The molecule has 1 aliphatic heterocycles. The van der Waals surface area contributed by atoms with Crippen LogP contribution in [0.1, 0.15) is 30.3 Å². The number of nitrogens with zero attached hydrogens (tertiary/aromatic N) is 3. The number of amides is 2. The van der Waals surface area contributed by atoms with Crippen molar-refractivity contribution in [2.45, 2.75) is 25.8 Å². The maximum atomic E-state index is 13.7.